The second-order valence-electron chi connectivity index (χ2n) is 6.00. The van der Waals surface area contributed by atoms with Gasteiger partial charge in [0.1, 0.15) is 5.82 Å². The van der Waals surface area contributed by atoms with Crippen LogP contribution in [-0.4, -0.2) is 35.8 Å². The molecule has 1 heterocycles. The van der Waals surface area contributed by atoms with Crippen molar-refractivity contribution in [3.8, 4) is 0 Å². The van der Waals surface area contributed by atoms with Gasteiger partial charge in [0, 0.05) is 44.1 Å². The molecule has 5 heteroatoms. The topological polar surface area (TPSA) is 40.6 Å². The zero-order valence-electron chi connectivity index (χ0n) is 12.8. The molecule has 1 amide bonds. The number of rotatable bonds is 2. The van der Waals surface area contributed by atoms with Gasteiger partial charge in [-0.05, 0) is 30.5 Å². The van der Waals surface area contributed by atoms with E-state index in [1.165, 1.54) is 12.1 Å². The first kappa shape index (κ1) is 14.9. The van der Waals surface area contributed by atoms with Crippen molar-refractivity contribution >= 4 is 11.7 Å². The number of amides is 1. The first-order chi connectivity index (χ1) is 10.5. The molecular formula is C17H19FN2O2. The quantitative estimate of drug-likeness (QED) is 0.843. The van der Waals surface area contributed by atoms with Gasteiger partial charge in [-0.15, -0.1) is 0 Å². The van der Waals surface area contributed by atoms with Crippen LogP contribution < -0.4 is 0 Å². The minimum atomic E-state index is -0.315. The Kier molecular flexibility index (Phi) is 3.83. The maximum Gasteiger partial charge on any atom is 0.242 e. The fourth-order valence-corrected chi connectivity index (χ4v) is 3.42. The predicted molar refractivity (Wildman–Crippen MR) is 80.2 cm³/mol. The number of hydrogen-bond acceptors (Lipinski definition) is 3. The Hall–Kier alpha value is -2.01. The highest BCUT2D eigenvalue weighted by molar-refractivity contribution is 6.01. The Morgan fingerprint density at radius 3 is 2.45 bits per heavy atom. The number of benzene rings is 1. The Morgan fingerprint density at radius 1 is 1.14 bits per heavy atom. The number of hydrogen-bond donors (Lipinski definition) is 0. The van der Waals surface area contributed by atoms with Gasteiger partial charge in [0.2, 0.25) is 5.91 Å². The van der Waals surface area contributed by atoms with Gasteiger partial charge >= 0.3 is 0 Å². The second-order valence-corrected chi connectivity index (χ2v) is 6.00. The van der Waals surface area contributed by atoms with Gasteiger partial charge in [-0.25, -0.2) is 14.4 Å². The van der Waals surface area contributed by atoms with Crippen LogP contribution in [0.5, 0.6) is 0 Å². The molecular weight excluding hydrogens is 283 g/mol. The lowest BCUT2D eigenvalue weighted by Gasteiger charge is -2.41. The van der Waals surface area contributed by atoms with E-state index in [0.29, 0.717) is 6.42 Å². The molecule has 116 valence electrons. The summed E-state index contributed by atoms with van der Waals surface area (Å²) in [4.78, 5) is 25.0. The molecule has 1 aromatic carbocycles. The molecule has 2 aliphatic rings. The van der Waals surface area contributed by atoms with Gasteiger partial charge in [0.05, 0.1) is 0 Å². The van der Waals surface area contributed by atoms with Gasteiger partial charge in [0.25, 0.3) is 0 Å². The van der Waals surface area contributed by atoms with Crippen molar-refractivity contribution < 1.29 is 14.0 Å². The zero-order chi connectivity index (χ0) is 15.9. The van der Waals surface area contributed by atoms with E-state index in [1.807, 2.05) is 0 Å². The average molecular weight is 302 g/mol. The summed E-state index contributed by atoms with van der Waals surface area (Å²) in [6.07, 6.45) is 2.26. The lowest BCUT2D eigenvalue weighted by Crippen LogP contribution is -2.47. The summed E-state index contributed by atoms with van der Waals surface area (Å²) < 4.78 is 13.1. The third-order valence-electron chi connectivity index (χ3n) is 4.32. The van der Waals surface area contributed by atoms with E-state index in [-0.39, 0.29) is 29.8 Å². The summed E-state index contributed by atoms with van der Waals surface area (Å²) in [5.41, 5.74) is 2.37. The Labute approximate surface area is 129 Å². The smallest absolute Gasteiger partial charge is 0.242 e. The van der Waals surface area contributed by atoms with E-state index < -0.39 is 0 Å². The van der Waals surface area contributed by atoms with E-state index in [4.69, 9.17) is 0 Å². The number of carbonyl (C=O) groups excluding carboxylic acids is 2. The Balaban J connectivity index is 2.11. The molecule has 0 spiro atoms. The van der Waals surface area contributed by atoms with Crippen molar-refractivity contribution in [2.24, 2.45) is 0 Å². The van der Waals surface area contributed by atoms with Gasteiger partial charge in [0.15, 0.2) is 5.78 Å². The molecule has 0 saturated carbocycles. The summed E-state index contributed by atoms with van der Waals surface area (Å²) in [6.45, 7) is 0. The van der Waals surface area contributed by atoms with Crippen molar-refractivity contribution in [3.63, 3.8) is 0 Å². The van der Waals surface area contributed by atoms with Crippen LogP contribution in [0.1, 0.15) is 37.2 Å². The van der Waals surface area contributed by atoms with Gasteiger partial charge in [-0.3, -0.25) is 9.59 Å². The number of hydrazine groups is 1. The molecule has 0 bridgehead atoms. The monoisotopic (exact) mass is 302 g/mol. The summed E-state index contributed by atoms with van der Waals surface area (Å²) in [5.74, 6) is -0.486. The Morgan fingerprint density at radius 2 is 1.82 bits per heavy atom. The van der Waals surface area contributed by atoms with Crippen LogP contribution in [-0.2, 0) is 9.59 Å². The highest BCUT2D eigenvalue weighted by Crippen LogP contribution is 2.41. The lowest BCUT2D eigenvalue weighted by molar-refractivity contribution is -0.143. The van der Waals surface area contributed by atoms with Gasteiger partial charge in [-0.2, -0.15) is 0 Å². The number of carbonyl (C=O) groups is 2. The fourth-order valence-electron chi connectivity index (χ4n) is 3.42. The maximum atomic E-state index is 13.1. The van der Waals surface area contributed by atoms with Crippen LogP contribution in [0, 0.1) is 5.82 Å². The lowest BCUT2D eigenvalue weighted by atomic mass is 9.77. The first-order valence-electron chi connectivity index (χ1n) is 7.51. The van der Waals surface area contributed by atoms with E-state index in [2.05, 4.69) is 0 Å². The predicted octanol–water partition coefficient (Wildman–Crippen LogP) is 2.63. The van der Waals surface area contributed by atoms with E-state index >= 15 is 0 Å². The summed E-state index contributed by atoms with van der Waals surface area (Å²) in [6, 6.07) is 6.10. The molecule has 0 unspecified atom stereocenters. The SMILES string of the molecule is CN(C)N1C(=O)C[C@H](c2ccc(F)cc2)C2=C1CCCC2=O. The molecule has 3 rings (SSSR count). The normalized spacial score (nSPS) is 22.4. The molecule has 0 N–H and O–H groups in total. The second kappa shape index (κ2) is 5.65. The van der Waals surface area contributed by atoms with Crippen LogP contribution in [0.4, 0.5) is 4.39 Å². The molecule has 0 fully saturated rings. The molecule has 0 aromatic heterocycles. The number of nitrogens with zero attached hydrogens (tertiary/aromatic N) is 2. The third-order valence-corrected chi connectivity index (χ3v) is 4.32. The van der Waals surface area contributed by atoms with Crippen LogP contribution in [0.25, 0.3) is 0 Å². The summed E-state index contributed by atoms with van der Waals surface area (Å²) in [5, 5.41) is 3.35. The van der Waals surface area contributed by atoms with Crippen molar-refractivity contribution in [2.75, 3.05) is 14.1 Å². The molecule has 1 aliphatic heterocycles. The van der Waals surface area contributed by atoms with Crippen molar-refractivity contribution in [2.45, 2.75) is 31.6 Å². The maximum absolute atomic E-state index is 13.1. The number of halogens is 1. The standard InChI is InChI=1S/C17H19FN2O2/c1-19(2)20-14-4-3-5-15(21)17(14)13(10-16(20)22)11-6-8-12(18)9-7-11/h6-9,13H,3-5,10H2,1-2H3/t13-/m1/s1. The molecule has 22 heavy (non-hydrogen) atoms. The van der Waals surface area contributed by atoms with Crippen molar-refractivity contribution in [3.05, 3.63) is 46.9 Å². The summed E-state index contributed by atoms with van der Waals surface area (Å²) >= 11 is 0. The van der Waals surface area contributed by atoms with Gasteiger partial charge in [-0.1, -0.05) is 12.1 Å². The fraction of sp³-hybridized carbons (Fsp3) is 0.412. The summed E-state index contributed by atoms with van der Waals surface area (Å²) in [7, 11) is 3.61. The van der Waals surface area contributed by atoms with E-state index in [9.17, 15) is 14.0 Å². The van der Waals surface area contributed by atoms with Crippen LogP contribution in [0.15, 0.2) is 35.5 Å². The van der Waals surface area contributed by atoms with E-state index in [0.717, 1.165) is 29.7 Å². The molecule has 1 atom stereocenters. The molecule has 0 radical (unpaired) electrons. The molecule has 0 saturated heterocycles. The largest absolute Gasteiger partial charge is 0.294 e. The van der Waals surface area contributed by atoms with Gasteiger partial charge < -0.3 is 0 Å². The highest BCUT2D eigenvalue weighted by Gasteiger charge is 2.39. The Bertz CT molecular complexity index is 649. The average Bonchev–Trinajstić information content (AvgIpc) is 2.46. The molecule has 1 aromatic rings. The number of Topliss-reactive ketones (excluding diaryl/α,β-unsaturated/α-hetero) is 1. The van der Waals surface area contributed by atoms with Crippen LogP contribution >= 0.6 is 0 Å². The minimum absolute atomic E-state index is 0.0206. The number of ketones is 1. The minimum Gasteiger partial charge on any atom is -0.294 e. The highest BCUT2D eigenvalue weighted by atomic mass is 19.1. The van der Waals surface area contributed by atoms with Crippen molar-refractivity contribution in [1.29, 1.82) is 0 Å². The first-order valence-corrected chi connectivity index (χ1v) is 7.51. The van der Waals surface area contributed by atoms with Crippen LogP contribution in [0.3, 0.4) is 0 Å². The van der Waals surface area contributed by atoms with Crippen LogP contribution in [0.2, 0.25) is 0 Å². The zero-order valence-corrected chi connectivity index (χ0v) is 12.8. The molecule has 4 nitrogen and oxygen atoms in total. The van der Waals surface area contributed by atoms with Crippen molar-refractivity contribution in [1.82, 2.24) is 10.0 Å². The number of allylic oxidation sites excluding steroid dienone is 2. The van der Waals surface area contributed by atoms with E-state index in [1.54, 1.807) is 36.2 Å². The molecule has 1 aliphatic carbocycles. The third kappa shape index (κ3) is 2.46.